The number of hydrogen-bond donors (Lipinski definition) is 0. The molecule has 0 aliphatic carbocycles. The maximum atomic E-state index is 2.89. The van der Waals surface area contributed by atoms with Crippen LogP contribution in [0.25, 0.3) is 43.1 Å². The molecule has 0 bridgehead atoms. The van der Waals surface area contributed by atoms with Crippen molar-refractivity contribution in [3.05, 3.63) is 189 Å². The van der Waals surface area contributed by atoms with Crippen molar-refractivity contribution in [3.8, 4) is 0 Å². The molecule has 1 heteroatoms. The minimum Gasteiger partial charge on any atom is -0.358 e. The van der Waals surface area contributed by atoms with Crippen molar-refractivity contribution in [2.75, 3.05) is 0 Å². The smallest absolute Gasteiger partial charge is 0 e. The summed E-state index contributed by atoms with van der Waals surface area (Å²) in [5.41, 5.74) is 0. The van der Waals surface area contributed by atoms with Crippen LogP contribution in [0, 0.1) is 19.6 Å². The summed E-state index contributed by atoms with van der Waals surface area (Å²) in [7, 11) is 0. The largest absolute Gasteiger partial charge is 0.358 e. The minimum absolute atomic E-state index is 0. The van der Waals surface area contributed by atoms with Gasteiger partial charge in [-0.1, -0.05) is 72.8 Å². The Labute approximate surface area is 257 Å². The van der Waals surface area contributed by atoms with E-state index in [1.807, 2.05) is 60.7 Å². The van der Waals surface area contributed by atoms with E-state index >= 15 is 0 Å². The van der Waals surface area contributed by atoms with Gasteiger partial charge in [0.25, 0.3) is 0 Å². The van der Waals surface area contributed by atoms with Crippen molar-refractivity contribution in [2.45, 2.75) is 0 Å². The first kappa shape index (κ1) is 30.5. The number of benzene rings is 6. The number of fused-ring (bicyclic) bond motifs is 6. The van der Waals surface area contributed by atoms with Crippen molar-refractivity contribution in [1.29, 1.82) is 0 Å². The van der Waals surface area contributed by atoms with E-state index in [-0.39, 0.29) is 33.6 Å². The molecule has 0 fully saturated rings. The molecule has 0 unspecified atom stereocenters. The Hall–Kier alpha value is -4.06. The van der Waals surface area contributed by atoms with Gasteiger partial charge in [0.1, 0.15) is 0 Å². The number of hydrogen-bond acceptors (Lipinski definition) is 0. The van der Waals surface area contributed by atoms with Crippen LogP contribution in [0.15, 0.2) is 170 Å². The average Bonchev–Trinajstić information content (AvgIpc) is 3.59. The molecule has 0 saturated carbocycles. The van der Waals surface area contributed by atoms with E-state index < -0.39 is 0 Å². The van der Waals surface area contributed by atoms with Gasteiger partial charge in [0.2, 0.25) is 0 Å². The molecule has 0 heterocycles. The standard InChI is InChI=1S/2C13H9.2C6H5.CH3.Zr/c2*1-3-7-12-10(5-1)9-11-6-2-4-8-13(11)12;2*1-2-4-6-5-3-1;;/h2*1-9H;2*1-5H;1H3;/q5*-1;. The van der Waals surface area contributed by atoms with Gasteiger partial charge in [-0.2, -0.15) is 72.8 Å². The van der Waals surface area contributed by atoms with Gasteiger partial charge >= 0.3 is 0 Å². The third kappa shape index (κ3) is 7.98. The van der Waals surface area contributed by atoms with Gasteiger partial charge in [-0.15, -0.1) is 79.5 Å². The molecular weight excluding hydrogens is 560 g/mol. The summed E-state index contributed by atoms with van der Waals surface area (Å²) < 4.78 is 0. The molecular formula is C39H31Zr-5. The second-order valence-electron chi connectivity index (χ2n) is 8.79. The summed E-state index contributed by atoms with van der Waals surface area (Å²) in [5.74, 6) is 0. The van der Waals surface area contributed by atoms with Gasteiger partial charge in [-0.05, 0) is 0 Å². The Morgan fingerprint density at radius 1 is 0.325 bits per heavy atom. The fourth-order valence-electron chi connectivity index (χ4n) is 4.49. The van der Waals surface area contributed by atoms with Crippen LogP contribution in [0.3, 0.4) is 0 Å². The molecule has 0 nitrogen and oxygen atoms in total. The van der Waals surface area contributed by atoms with E-state index in [1.165, 1.54) is 43.1 Å². The van der Waals surface area contributed by atoms with E-state index in [0.29, 0.717) is 0 Å². The molecule has 8 rings (SSSR count). The van der Waals surface area contributed by atoms with Crippen LogP contribution in [0.1, 0.15) is 0 Å². The summed E-state index contributed by atoms with van der Waals surface area (Å²) in [6.45, 7) is 0. The fraction of sp³-hybridized carbons (Fsp3) is 0. The Kier molecular flexibility index (Phi) is 12.3. The van der Waals surface area contributed by atoms with Gasteiger partial charge < -0.3 is 7.43 Å². The van der Waals surface area contributed by atoms with Gasteiger partial charge in [-0.25, -0.2) is 0 Å². The molecule has 0 radical (unpaired) electrons. The summed E-state index contributed by atoms with van der Waals surface area (Å²) in [6.07, 6.45) is 0. The Morgan fingerprint density at radius 3 is 0.775 bits per heavy atom. The van der Waals surface area contributed by atoms with Crippen LogP contribution in [-0.4, -0.2) is 0 Å². The van der Waals surface area contributed by atoms with Crippen molar-refractivity contribution >= 4 is 43.1 Å². The predicted molar refractivity (Wildman–Crippen MR) is 171 cm³/mol. The molecule has 0 N–H and O–H groups in total. The topological polar surface area (TPSA) is 0 Å². The molecule has 0 aliphatic heterocycles. The first-order valence-corrected chi connectivity index (χ1v) is 12.8. The van der Waals surface area contributed by atoms with Gasteiger partial charge in [0.05, 0.1) is 0 Å². The van der Waals surface area contributed by atoms with E-state index in [2.05, 4.69) is 121 Å². The maximum absolute atomic E-state index is 2.89. The molecule has 0 spiro atoms. The Bertz CT molecular complexity index is 1520. The maximum Gasteiger partial charge on any atom is 0 e. The monoisotopic (exact) mass is 589 g/mol. The quantitative estimate of drug-likeness (QED) is 0.154. The third-order valence-corrected chi connectivity index (χ3v) is 6.26. The SMILES string of the molecule is [CH3-].[Zr].[c-]1ccccc1.[c-]1ccccc1.c1ccc2c(c1)[cH-]c1ccccc12.c1ccc2c(c1)[cH-]c1ccccc12. The van der Waals surface area contributed by atoms with Crippen molar-refractivity contribution in [3.63, 3.8) is 0 Å². The Morgan fingerprint density at radius 2 is 0.575 bits per heavy atom. The normalized spacial score (nSPS) is 9.60. The third-order valence-electron chi connectivity index (χ3n) is 6.26. The first-order chi connectivity index (χ1) is 18.9. The van der Waals surface area contributed by atoms with Gasteiger partial charge in [0, 0.05) is 26.2 Å². The molecule has 0 aromatic heterocycles. The molecule has 8 aromatic rings. The number of rotatable bonds is 0. The Balaban J connectivity index is 0.000000154. The first-order valence-electron chi connectivity index (χ1n) is 12.8. The van der Waals surface area contributed by atoms with Crippen LogP contribution in [0.5, 0.6) is 0 Å². The minimum atomic E-state index is 0. The molecule has 0 aliphatic rings. The zero-order valence-electron chi connectivity index (χ0n) is 22.7. The molecule has 196 valence electrons. The average molecular weight is 591 g/mol. The molecule has 0 saturated heterocycles. The zero-order chi connectivity index (χ0) is 25.8. The zero-order valence-corrected chi connectivity index (χ0v) is 25.1. The van der Waals surface area contributed by atoms with Crippen molar-refractivity contribution in [1.82, 2.24) is 0 Å². The van der Waals surface area contributed by atoms with E-state index in [9.17, 15) is 0 Å². The van der Waals surface area contributed by atoms with Crippen LogP contribution >= 0.6 is 0 Å². The van der Waals surface area contributed by atoms with Crippen LogP contribution in [-0.2, 0) is 26.2 Å². The molecule has 8 aromatic carbocycles. The van der Waals surface area contributed by atoms with Crippen molar-refractivity contribution in [2.24, 2.45) is 0 Å². The van der Waals surface area contributed by atoms with Crippen LogP contribution in [0.4, 0.5) is 0 Å². The summed E-state index contributed by atoms with van der Waals surface area (Å²) in [4.78, 5) is 0. The van der Waals surface area contributed by atoms with E-state index in [4.69, 9.17) is 0 Å². The van der Waals surface area contributed by atoms with E-state index in [0.717, 1.165) is 0 Å². The van der Waals surface area contributed by atoms with Gasteiger partial charge in [-0.3, -0.25) is 0 Å². The molecule has 40 heavy (non-hydrogen) atoms. The van der Waals surface area contributed by atoms with Crippen LogP contribution in [0.2, 0.25) is 0 Å². The molecule has 0 atom stereocenters. The second kappa shape index (κ2) is 16.1. The van der Waals surface area contributed by atoms with Crippen LogP contribution < -0.4 is 0 Å². The predicted octanol–water partition coefficient (Wildman–Crippen LogP) is 10.8. The molecule has 0 amide bonds. The van der Waals surface area contributed by atoms with Gasteiger partial charge in [0.15, 0.2) is 0 Å². The second-order valence-corrected chi connectivity index (χ2v) is 8.79. The fourth-order valence-corrected chi connectivity index (χ4v) is 4.49. The summed E-state index contributed by atoms with van der Waals surface area (Å²) >= 11 is 0. The van der Waals surface area contributed by atoms with Crippen molar-refractivity contribution < 1.29 is 26.2 Å². The van der Waals surface area contributed by atoms with E-state index in [1.54, 1.807) is 0 Å². The summed E-state index contributed by atoms with van der Waals surface area (Å²) in [5, 5.41) is 10.8. The summed E-state index contributed by atoms with van der Waals surface area (Å²) in [6, 6.07) is 63.5.